The highest BCUT2D eigenvalue weighted by Gasteiger charge is 2.31. The summed E-state index contributed by atoms with van der Waals surface area (Å²) in [7, 11) is 3.57. The van der Waals surface area contributed by atoms with Crippen LogP contribution in [-0.4, -0.2) is 34.3 Å². The largest absolute Gasteiger partial charge is 0.416 e. The normalized spacial score (nSPS) is 11.9. The van der Waals surface area contributed by atoms with Gasteiger partial charge in [-0.05, 0) is 17.7 Å². The lowest BCUT2D eigenvalue weighted by Gasteiger charge is -2.12. The van der Waals surface area contributed by atoms with Gasteiger partial charge in [-0.2, -0.15) is 18.3 Å². The van der Waals surface area contributed by atoms with Gasteiger partial charge in [0.05, 0.1) is 17.3 Å². The van der Waals surface area contributed by atoms with Crippen molar-refractivity contribution in [2.75, 3.05) is 19.0 Å². The number of aromatic amines is 1. The maximum absolute atomic E-state index is 13.0. The summed E-state index contributed by atoms with van der Waals surface area (Å²) in [5.41, 5.74) is 0.476. The zero-order chi connectivity index (χ0) is 15.9. The third kappa shape index (κ3) is 2.47. The zero-order valence-electron chi connectivity index (χ0n) is 11.8. The number of fused-ring (bicyclic) bond motifs is 1. The van der Waals surface area contributed by atoms with Crippen molar-refractivity contribution in [3.8, 4) is 11.1 Å². The number of H-pyrrole nitrogens is 1. The number of hydrogen-bond donors (Lipinski definition) is 1. The molecule has 0 aliphatic heterocycles. The van der Waals surface area contributed by atoms with E-state index >= 15 is 0 Å². The van der Waals surface area contributed by atoms with Crippen LogP contribution in [0.25, 0.3) is 22.0 Å². The minimum atomic E-state index is -4.43. The van der Waals surface area contributed by atoms with E-state index < -0.39 is 11.7 Å². The lowest BCUT2D eigenvalue weighted by molar-refractivity contribution is -0.137. The first-order valence-corrected chi connectivity index (χ1v) is 6.40. The Morgan fingerprint density at radius 1 is 1.05 bits per heavy atom. The molecule has 1 N–H and O–H groups in total. The van der Waals surface area contributed by atoms with Crippen LogP contribution in [-0.2, 0) is 6.18 Å². The molecule has 22 heavy (non-hydrogen) atoms. The molecule has 0 atom stereocenters. The molecule has 0 saturated carbocycles. The van der Waals surface area contributed by atoms with Gasteiger partial charge in [-0.15, -0.1) is 0 Å². The number of halogens is 3. The van der Waals surface area contributed by atoms with Crippen molar-refractivity contribution in [2.24, 2.45) is 0 Å². The Balaban J connectivity index is 2.18. The first-order chi connectivity index (χ1) is 10.4. The molecule has 3 rings (SSSR count). The highest BCUT2D eigenvalue weighted by molar-refractivity contribution is 5.94. The summed E-state index contributed by atoms with van der Waals surface area (Å²) in [5, 5.41) is 6.98. The Morgan fingerprint density at radius 2 is 1.73 bits per heavy atom. The number of aromatic nitrogens is 4. The lowest BCUT2D eigenvalue weighted by Crippen LogP contribution is -2.12. The molecule has 0 bridgehead atoms. The van der Waals surface area contributed by atoms with Gasteiger partial charge in [-0.1, -0.05) is 0 Å². The van der Waals surface area contributed by atoms with Crippen molar-refractivity contribution in [2.45, 2.75) is 6.18 Å². The molecule has 0 aliphatic rings. The number of benzene rings is 1. The van der Waals surface area contributed by atoms with E-state index in [1.165, 1.54) is 18.6 Å². The maximum Gasteiger partial charge on any atom is 0.416 e. The molecule has 114 valence electrons. The van der Waals surface area contributed by atoms with Crippen LogP contribution in [0.1, 0.15) is 5.56 Å². The van der Waals surface area contributed by atoms with Crippen LogP contribution in [0.5, 0.6) is 0 Å². The quantitative estimate of drug-likeness (QED) is 0.790. The molecular formula is C14H12F3N5. The molecule has 3 aromatic rings. The van der Waals surface area contributed by atoms with Gasteiger partial charge in [0.25, 0.3) is 0 Å². The molecule has 0 fully saturated rings. The number of anilines is 1. The summed E-state index contributed by atoms with van der Waals surface area (Å²) in [6, 6.07) is 2.13. The van der Waals surface area contributed by atoms with E-state index in [-0.39, 0.29) is 0 Å². The molecule has 0 aliphatic carbocycles. The molecule has 0 amide bonds. The second-order valence-electron chi connectivity index (χ2n) is 5.02. The van der Waals surface area contributed by atoms with Crippen LogP contribution in [0.3, 0.4) is 0 Å². The first kappa shape index (κ1) is 14.3. The monoisotopic (exact) mass is 307 g/mol. The summed E-state index contributed by atoms with van der Waals surface area (Å²) < 4.78 is 39.0. The number of hydrogen-bond acceptors (Lipinski definition) is 4. The Hall–Kier alpha value is -2.64. The highest BCUT2D eigenvalue weighted by Crippen LogP contribution is 2.36. The Labute approximate surface area is 123 Å². The maximum atomic E-state index is 13.0. The van der Waals surface area contributed by atoms with Crippen LogP contribution < -0.4 is 4.90 Å². The minimum Gasteiger partial charge on any atom is -0.347 e. The van der Waals surface area contributed by atoms with Crippen molar-refractivity contribution in [1.29, 1.82) is 0 Å². The number of nitrogens with zero attached hydrogens (tertiary/aromatic N) is 4. The predicted octanol–water partition coefficient (Wildman–Crippen LogP) is 3.10. The third-order valence-corrected chi connectivity index (χ3v) is 3.24. The number of nitrogens with one attached hydrogen (secondary N) is 1. The van der Waals surface area contributed by atoms with Gasteiger partial charge in [-0.25, -0.2) is 9.97 Å². The Kier molecular flexibility index (Phi) is 3.23. The van der Waals surface area contributed by atoms with Crippen LogP contribution in [0.15, 0.2) is 30.7 Å². The molecule has 0 saturated heterocycles. The van der Waals surface area contributed by atoms with Gasteiger partial charge in [0.15, 0.2) is 0 Å². The SMILES string of the molecule is CN(C)c1ncc(-c2cc(C(F)(F)F)cc3[nH]ncc23)cn1. The molecule has 2 heterocycles. The fourth-order valence-electron chi connectivity index (χ4n) is 2.14. The smallest absolute Gasteiger partial charge is 0.347 e. The Bertz CT molecular complexity index is 805. The van der Waals surface area contributed by atoms with Crippen LogP contribution in [0, 0.1) is 0 Å². The molecule has 8 heteroatoms. The Morgan fingerprint density at radius 3 is 2.32 bits per heavy atom. The van der Waals surface area contributed by atoms with Gasteiger partial charge < -0.3 is 4.90 Å². The lowest BCUT2D eigenvalue weighted by atomic mass is 10.0. The standard InChI is InChI=1S/C14H12F3N5/c1-22(2)13-18-5-8(6-19-13)10-3-9(14(15,16)17)4-12-11(10)7-20-21-12/h3-7H,1-2H3,(H,20,21). The van der Waals surface area contributed by atoms with Crippen molar-refractivity contribution >= 4 is 16.9 Å². The van der Waals surface area contributed by atoms with Gasteiger partial charge in [0.2, 0.25) is 5.95 Å². The van der Waals surface area contributed by atoms with Crippen molar-refractivity contribution in [1.82, 2.24) is 20.2 Å². The topological polar surface area (TPSA) is 57.7 Å². The number of rotatable bonds is 2. The van der Waals surface area contributed by atoms with Crippen molar-refractivity contribution in [3.63, 3.8) is 0 Å². The fourth-order valence-corrected chi connectivity index (χ4v) is 2.14. The zero-order valence-corrected chi connectivity index (χ0v) is 11.8. The fraction of sp³-hybridized carbons (Fsp3) is 0.214. The van der Waals surface area contributed by atoms with Crippen LogP contribution in [0.2, 0.25) is 0 Å². The third-order valence-electron chi connectivity index (χ3n) is 3.24. The molecular weight excluding hydrogens is 295 g/mol. The second-order valence-corrected chi connectivity index (χ2v) is 5.02. The molecule has 5 nitrogen and oxygen atoms in total. The molecule has 1 aromatic carbocycles. The summed E-state index contributed by atoms with van der Waals surface area (Å²) >= 11 is 0. The summed E-state index contributed by atoms with van der Waals surface area (Å²) in [5.74, 6) is 0.485. The first-order valence-electron chi connectivity index (χ1n) is 6.40. The van der Waals surface area contributed by atoms with Crippen molar-refractivity contribution in [3.05, 3.63) is 36.3 Å². The van der Waals surface area contributed by atoms with Gasteiger partial charge in [0.1, 0.15) is 0 Å². The van der Waals surface area contributed by atoms with E-state index in [9.17, 15) is 13.2 Å². The van der Waals surface area contributed by atoms with E-state index in [0.717, 1.165) is 12.1 Å². The molecule has 0 unspecified atom stereocenters. The number of alkyl halides is 3. The minimum absolute atomic E-state index is 0.321. The summed E-state index contributed by atoms with van der Waals surface area (Å²) in [4.78, 5) is 9.99. The average molecular weight is 307 g/mol. The highest BCUT2D eigenvalue weighted by atomic mass is 19.4. The molecule has 2 aromatic heterocycles. The van der Waals surface area contributed by atoms with Gasteiger partial charge in [0, 0.05) is 37.4 Å². The van der Waals surface area contributed by atoms with E-state index in [0.29, 0.717) is 28.0 Å². The van der Waals surface area contributed by atoms with Gasteiger partial charge in [-0.3, -0.25) is 5.10 Å². The van der Waals surface area contributed by atoms with Crippen molar-refractivity contribution < 1.29 is 13.2 Å². The van der Waals surface area contributed by atoms with Crippen LogP contribution in [0.4, 0.5) is 19.1 Å². The molecule has 0 radical (unpaired) electrons. The summed E-state index contributed by atoms with van der Waals surface area (Å²) in [6.07, 6.45) is 0.0671. The van der Waals surface area contributed by atoms with Crippen LogP contribution >= 0.6 is 0 Å². The van der Waals surface area contributed by atoms with E-state index in [2.05, 4.69) is 20.2 Å². The van der Waals surface area contributed by atoms with E-state index in [1.807, 2.05) is 0 Å². The van der Waals surface area contributed by atoms with E-state index in [4.69, 9.17) is 0 Å². The second kappa shape index (κ2) is 4.97. The average Bonchev–Trinajstić information content (AvgIpc) is 2.93. The predicted molar refractivity (Wildman–Crippen MR) is 76.4 cm³/mol. The molecule has 0 spiro atoms. The van der Waals surface area contributed by atoms with E-state index in [1.54, 1.807) is 19.0 Å². The summed E-state index contributed by atoms with van der Waals surface area (Å²) in [6.45, 7) is 0. The van der Waals surface area contributed by atoms with Gasteiger partial charge >= 0.3 is 6.18 Å².